The van der Waals surface area contributed by atoms with Gasteiger partial charge in [0, 0.05) is 17.1 Å². The molecule has 0 fully saturated rings. The fourth-order valence-corrected chi connectivity index (χ4v) is 4.48. The fourth-order valence-electron chi connectivity index (χ4n) is 4.48. The third kappa shape index (κ3) is 4.95. The quantitative estimate of drug-likeness (QED) is 0.141. The standard InChI is InChI=1S/C34H29N/c1-3-10-32(4-2)35(33-13-6-5-7-14-33)34-21-18-26(19-22-34)15-16-27-17-20-30-24-28-11-8-9-12-29(28)25-31(30)23-27/h3-25H,1-2H3/b10-3-,16-15?,32-4+. The van der Waals surface area contributed by atoms with Gasteiger partial charge < -0.3 is 4.90 Å². The summed E-state index contributed by atoms with van der Waals surface area (Å²) >= 11 is 0. The third-order valence-corrected chi connectivity index (χ3v) is 6.25. The van der Waals surface area contributed by atoms with Gasteiger partial charge in [-0.2, -0.15) is 0 Å². The molecule has 0 aromatic heterocycles. The Bertz CT molecular complexity index is 1540. The molecule has 5 aromatic carbocycles. The smallest absolute Gasteiger partial charge is 0.0461 e. The van der Waals surface area contributed by atoms with E-state index in [2.05, 4.69) is 158 Å². The zero-order valence-electron chi connectivity index (χ0n) is 20.2. The predicted octanol–water partition coefficient (Wildman–Crippen LogP) is 9.78. The monoisotopic (exact) mass is 451 g/mol. The van der Waals surface area contributed by atoms with Gasteiger partial charge in [0.25, 0.3) is 0 Å². The Morgan fingerprint density at radius 2 is 1.11 bits per heavy atom. The lowest BCUT2D eigenvalue weighted by molar-refractivity contribution is 1.20. The topological polar surface area (TPSA) is 3.24 Å². The van der Waals surface area contributed by atoms with Crippen LogP contribution >= 0.6 is 0 Å². The van der Waals surface area contributed by atoms with Gasteiger partial charge in [0.15, 0.2) is 0 Å². The van der Waals surface area contributed by atoms with Crippen LogP contribution < -0.4 is 4.90 Å². The summed E-state index contributed by atoms with van der Waals surface area (Å²) < 4.78 is 0. The molecule has 0 spiro atoms. The van der Waals surface area contributed by atoms with Crippen LogP contribution in [0.3, 0.4) is 0 Å². The number of fused-ring (bicyclic) bond motifs is 2. The Hall–Kier alpha value is -4.36. The van der Waals surface area contributed by atoms with Crippen molar-refractivity contribution in [3.05, 3.63) is 144 Å². The fraction of sp³-hybridized carbons (Fsp3) is 0.0588. The molecule has 0 saturated carbocycles. The first-order valence-corrected chi connectivity index (χ1v) is 12.1. The molecule has 0 aliphatic carbocycles. The molecule has 5 aromatic rings. The molecule has 0 heterocycles. The molecule has 0 amide bonds. The zero-order chi connectivity index (χ0) is 24.0. The predicted molar refractivity (Wildman–Crippen MR) is 154 cm³/mol. The molecule has 0 unspecified atom stereocenters. The van der Waals surface area contributed by atoms with Gasteiger partial charge in [0.2, 0.25) is 0 Å². The van der Waals surface area contributed by atoms with Gasteiger partial charge in [-0.1, -0.05) is 91.0 Å². The lowest BCUT2D eigenvalue weighted by atomic mass is 10.0. The van der Waals surface area contributed by atoms with Crippen molar-refractivity contribution in [3.8, 4) is 0 Å². The lowest BCUT2D eigenvalue weighted by Crippen LogP contribution is -2.14. The van der Waals surface area contributed by atoms with Crippen LogP contribution in [-0.2, 0) is 0 Å². The molecule has 0 atom stereocenters. The van der Waals surface area contributed by atoms with Crippen molar-refractivity contribution in [1.29, 1.82) is 0 Å². The summed E-state index contributed by atoms with van der Waals surface area (Å²) in [7, 11) is 0. The Kier molecular flexibility index (Phi) is 6.59. The number of para-hydroxylation sites is 1. The van der Waals surface area contributed by atoms with Crippen LogP contribution in [0.1, 0.15) is 25.0 Å². The second kappa shape index (κ2) is 10.3. The summed E-state index contributed by atoms with van der Waals surface area (Å²) in [6, 6.07) is 39.0. The molecular weight excluding hydrogens is 422 g/mol. The molecular formula is C34H29N. The molecule has 35 heavy (non-hydrogen) atoms. The number of benzene rings is 5. The highest BCUT2D eigenvalue weighted by molar-refractivity contribution is 5.99. The minimum absolute atomic E-state index is 1.14. The summed E-state index contributed by atoms with van der Waals surface area (Å²) in [5, 5.41) is 5.09. The van der Waals surface area contributed by atoms with Gasteiger partial charge in [0.05, 0.1) is 0 Å². The van der Waals surface area contributed by atoms with E-state index in [-0.39, 0.29) is 0 Å². The Morgan fingerprint density at radius 1 is 0.543 bits per heavy atom. The highest BCUT2D eigenvalue weighted by Gasteiger charge is 2.11. The van der Waals surface area contributed by atoms with Crippen molar-refractivity contribution >= 4 is 45.1 Å². The highest BCUT2D eigenvalue weighted by atomic mass is 15.1. The van der Waals surface area contributed by atoms with E-state index in [1.54, 1.807) is 0 Å². The number of nitrogens with zero attached hydrogens (tertiary/aromatic N) is 1. The van der Waals surface area contributed by atoms with Crippen molar-refractivity contribution in [2.45, 2.75) is 13.8 Å². The van der Waals surface area contributed by atoms with Crippen molar-refractivity contribution < 1.29 is 0 Å². The van der Waals surface area contributed by atoms with E-state index in [0.29, 0.717) is 0 Å². The normalized spacial score (nSPS) is 12.2. The molecule has 0 saturated heterocycles. The summed E-state index contributed by atoms with van der Waals surface area (Å²) in [6.45, 7) is 4.13. The average molecular weight is 452 g/mol. The van der Waals surface area contributed by atoms with E-state index in [1.165, 1.54) is 32.7 Å². The molecule has 170 valence electrons. The van der Waals surface area contributed by atoms with Crippen molar-refractivity contribution in [3.63, 3.8) is 0 Å². The van der Waals surface area contributed by atoms with Crippen molar-refractivity contribution in [2.24, 2.45) is 0 Å². The number of rotatable bonds is 6. The molecule has 0 radical (unpaired) electrons. The van der Waals surface area contributed by atoms with Crippen LogP contribution in [0.4, 0.5) is 11.4 Å². The lowest BCUT2D eigenvalue weighted by Gasteiger charge is -2.26. The van der Waals surface area contributed by atoms with Gasteiger partial charge in [-0.25, -0.2) is 0 Å². The van der Waals surface area contributed by atoms with E-state index < -0.39 is 0 Å². The van der Waals surface area contributed by atoms with Gasteiger partial charge in [-0.15, -0.1) is 0 Å². The number of hydrogen-bond donors (Lipinski definition) is 0. The first-order valence-electron chi connectivity index (χ1n) is 12.1. The van der Waals surface area contributed by atoms with Crippen LogP contribution in [0.5, 0.6) is 0 Å². The maximum atomic E-state index is 2.28. The Labute approximate surface area is 208 Å². The van der Waals surface area contributed by atoms with Gasteiger partial charge in [-0.3, -0.25) is 0 Å². The van der Waals surface area contributed by atoms with Crippen LogP contribution in [0, 0.1) is 0 Å². The van der Waals surface area contributed by atoms with Crippen LogP contribution in [0.25, 0.3) is 33.7 Å². The molecule has 5 rings (SSSR count). The molecule has 1 nitrogen and oxygen atoms in total. The highest BCUT2D eigenvalue weighted by Crippen LogP contribution is 2.31. The largest absolute Gasteiger partial charge is 0.311 e. The van der Waals surface area contributed by atoms with Crippen LogP contribution in [0.15, 0.2) is 133 Å². The van der Waals surface area contributed by atoms with Crippen LogP contribution in [-0.4, -0.2) is 0 Å². The SMILES string of the molecule is C/C=C\C(=C/C)N(c1ccccc1)c1ccc(C=Cc2ccc3cc4ccccc4cc3c2)cc1. The first-order chi connectivity index (χ1) is 17.2. The van der Waals surface area contributed by atoms with Crippen molar-refractivity contribution in [2.75, 3.05) is 4.90 Å². The average Bonchev–Trinajstić information content (AvgIpc) is 2.91. The van der Waals surface area contributed by atoms with Gasteiger partial charge >= 0.3 is 0 Å². The maximum absolute atomic E-state index is 2.28. The number of allylic oxidation sites excluding steroid dienone is 3. The van der Waals surface area contributed by atoms with Gasteiger partial charge in [-0.05, 0) is 95.1 Å². The minimum Gasteiger partial charge on any atom is -0.311 e. The van der Waals surface area contributed by atoms with E-state index in [0.717, 1.165) is 17.1 Å². The molecule has 0 aliphatic heterocycles. The Balaban J connectivity index is 1.42. The molecule has 1 heteroatoms. The molecule has 0 aliphatic rings. The maximum Gasteiger partial charge on any atom is 0.0461 e. The van der Waals surface area contributed by atoms with E-state index in [9.17, 15) is 0 Å². The summed E-state index contributed by atoms with van der Waals surface area (Å²) in [4.78, 5) is 2.28. The molecule has 0 N–H and O–H groups in total. The minimum atomic E-state index is 1.14. The third-order valence-electron chi connectivity index (χ3n) is 6.25. The van der Waals surface area contributed by atoms with Gasteiger partial charge in [0.1, 0.15) is 0 Å². The second-order valence-electron chi connectivity index (χ2n) is 8.62. The number of anilines is 2. The summed E-state index contributed by atoms with van der Waals surface area (Å²) in [5.41, 5.74) is 5.80. The second-order valence-corrected chi connectivity index (χ2v) is 8.62. The first kappa shape index (κ1) is 22.4. The summed E-state index contributed by atoms with van der Waals surface area (Å²) in [6.07, 6.45) is 10.7. The summed E-state index contributed by atoms with van der Waals surface area (Å²) in [5.74, 6) is 0. The Morgan fingerprint density at radius 3 is 1.80 bits per heavy atom. The van der Waals surface area contributed by atoms with Crippen LogP contribution in [0.2, 0.25) is 0 Å². The van der Waals surface area contributed by atoms with E-state index in [1.807, 2.05) is 0 Å². The van der Waals surface area contributed by atoms with E-state index in [4.69, 9.17) is 0 Å². The van der Waals surface area contributed by atoms with Crippen molar-refractivity contribution in [1.82, 2.24) is 0 Å². The number of hydrogen-bond acceptors (Lipinski definition) is 1. The molecule has 0 bridgehead atoms. The van der Waals surface area contributed by atoms with E-state index >= 15 is 0 Å². The zero-order valence-corrected chi connectivity index (χ0v) is 20.2.